The summed E-state index contributed by atoms with van der Waals surface area (Å²) < 4.78 is 32.6. The van der Waals surface area contributed by atoms with Crippen LogP contribution in [-0.2, 0) is 42.9 Å². The van der Waals surface area contributed by atoms with Crippen molar-refractivity contribution in [3.8, 4) is 5.75 Å². The van der Waals surface area contributed by atoms with Gasteiger partial charge >= 0.3 is 23.9 Å². The smallest absolute Gasteiger partial charge is 0.303 e. The first-order valence-electron chi connectivity index (χ1n) is 10.1. The van der Waals surface area contributed by atoms with Gasteiger partial charge in [-0.25, -0.2) is 0 Å². The van der Waals surface area contributed by atoms with Crippen LogP contribution >= 0.6 is 0 Å². The summed E-state index contributed by atoms with van der Waals surface area (Å²) in [7, 11) is 0. The Labute approximate surface area is 190 Å². The van der Waals surface area contributed by atoms with E-state index in [0.29, 0.717) is 5.56 Å². The van der Waals surface area contributed by atoms with Gasteiger partial charge in [-0.15, -0.1) is 0 Å². The minimum absolute atomic E-state index is 0.145. The van der Waals surface area contributed by atoms with Crippen LogP contribution in [0, 0.1) is 0 Å². The van der Waals surface area contributed by atoms with Crippen molar-refractivity contribution in [2.75, 3.05) is 6.61 Å². The Morgan fingerprint density at radius 2 is 1.24 bits per heavy atom. The van der Waals surface area contributed by atoms with Crippen molar-refractivity contribution in [2.45, 2.75) is 65.3 Å². The molecular formula is C22H26O11. The van der Waals surface area contributed by atoms with Crippen LogP contribution in [0.15, 0.2) is 24.3 Å². The highest BCUT2D eigenvalue weighted by atomic mass is 16.7. The first kappa shape index (κ1) is 25.8. The molecule has 0 bridgehead atoms. The number of carbonyl (C=O) groups excluding carboxylic acids is 5. The van der Waals surface area contributed by atoms with Crippen LogP contribution in [-0.4, -0.2) is 67.0 Å². The molecule has 0 unspecified atom stereocenters. The first-order chi connectivity index (χ1) is 15.5. The molecule has 0 spiro atoms. The molecule has 0 amide bonds. The van der Waals surface area contributed by atoms with Gasteiger partial charge < -0.3 is 28.4 Å². The lowest BCUT2D eigenvalue weighted by atomic mass is 9.98. The van der Waals surface area contributed by atoms with Gasteiger partial charge in [-0.05, 0) is 31.2 Å². The van der Waals surface area contributed by atoms with Gasteiger partial charge in [0.1, 0.15) is 18.5 Å². The summed E-state index contributed by atoms with van der Waals surface area (Å²) in [6, 6.07) is 6.07. The van der Waals surface area contributed by atoms with E-state index >= 15 is 0 Å². The van der Waals surface area contributed by atoms with Crippen LogP contribution < -0.4 is 4.74 Å². The quantitative estimate of drug-likeness (QED) is 0.311. The summed E-state index contributed by atoms with van der Waals surface area (Å²) in [5.74, 6) is -2.72. The lowest BCUT2D eigenvalue weighted by Gasteiger charge is -2.43. The molecule has 1 aromatic rings. The van der Waals surface area contributed by atoms with Crippen LogP contribution in [0.2, 0.25) is 0 Å². The Morgan fingerprint density at radius 3 is 1.73 bits per heavy atom. The number of hydrogen-bond donors (Lipinski definition) is 0. The molecule has 180 valence electrons. The number of esters is 4. The van der Waals surface area contributed by atoms with Crippen molar-refractivity contribution in [1.29, 1.82) is 0 Å². The van der Waals surface area contributed by atoms with Crippen molar-refractivity contribution >= 4 is 29.7 Å². The van der Waals surface area contributed by atoms with Gasteiger partial charge in [0, 0.05) is 33.3 Å². The summed E-state index contributed by atoms with van der Waals surface area (Å²) in [5, 5.41) is 0. The van der Waals surface area contributed by atoms with Gasteiger partial charge in [0.15, 0.2) is 18.0 Å². The van der Waals surface area contributed by atoms with E-state index < -0.39 is 54.6 Å². The van der Waals surface area contributed by atoms with E-state index in [0.717, 1.165) is 20.8 Å². The van der Waals surface area contributed by atoms with E-state index in [-0.39, 0.29) is 18.1 Å². The molecule has 1 aromatic carbocycles. The van der Waals surface area contributed by atoms with E-state index in [1.165, 1.54) is 38.1 Å². The highest BCUT2D eigenvalue weighted by molar-refractivity contribution is 5.94. The summed E-state index contributed by atoms with van der Waals surface area (Å²) >= 11 is 0. The second kappa shape index (κ2) is 11.4. The third-order valence-electron chi connectivity index (χ3n) is 4.46. The second-order valence-corrected chi connectivity index (χ2v) is 7.27. The molecule has 11 heteroatoms. The van der Waals surface area contributed by atoms with E-state index in [2.05, 4.69) is 0 Å². The molecule has 1 aliphatic rings. The topological polar surface area (TPSA) is 141 Å². The Hall–Kier alpha value is -3.47. The predicted octanol–water partition coefficient (Wildman–Crippen LogP) is 1.35. The van der Waals surface area contributed by atoms with Crippen LogP contribution in [0.4, 0.5) is 0 Å². The summed E-state index contributed by atoms with van der Waals surface area (Å²) in [5.41, 5.74) is 0.448. The highest BCUT2D eigenvalue weighted by Crippen LogP contribution is 2.31. The molecule has 0 radical (unpaired) electrons. The zero-order chi connectivity index (χ0) is 24.7. The van der Waals surface area contributed by atoms with Gasteiger partial charge in [0.25, 0.3) is 0 Å². The lowest BCUT2D eigenvalue weighted by Crippen LogP contribution is -2.63. The molecule has 0 aromatic heterocycles. The van der Waals surface area contributed by atoms with Crippen LogP contribution in [0.1, 0.15) is 45.0 Å². The van der Waals surface area contributed by atoms with Crippen molar-refractivity contribution in [2.24, 2.45) is 0 Å². The zero-order valence-electron chi connectivity index (χ0n) is 18.9. The fraction of sp³-hybridized carbons (Fsp3) is 0.500. The average molecular weight is 466 g/mol. The monoisotopic (exact) mass is 466 g/mol. The number of hydrogen-bond acceptors (Lipinski definition) is 11. The summed E-state index contributed by atoms with van der Waals surface area (Å²) in [4.78, 5) is 58.2. The lowest BCUT2D eigenvalue weighted by molar-refractivity contribution is -0.288. The maximum atomic E-state index is 11.8. The molecule has 1 heterocycles. The van der Waals surface area contributed by atoms with E-state index in [4.69, 9.17) is 28.4 Å². The van der Waals surface area contributed by atoms with Gasteiger partial charge in [-0.2, -0.15) is 0 Å². The second-order valence-electron chi connectivity index (χ2n) is 7.27. The zero-order valence-corrected chi connectivity index (χ0v) is 18.9. The predicted molar refractivity (Wildman–Crippen MR) is 109 cm³/mol. The Kier molecular flexibility index (Phi) is 8.92. The third-order valence-corrected chi connectivity index (χ3v) is 4.46. The fourth-order valence-corrected chi connectivity index (χ4v) is 3.19. The van der Waals surface area contributed by atoms with Gasteiger partial charge in [0.2, 0.25) is 12.4 Å². The van der Waals surface area contributed by atoms with Crippen LogP contribution in [0.5, 0.6) is 5.75 Å². The van der Waals surface area contributed by atoms with Gasteiger partial charge in [-0.1, -0.05) is 0 Å². The normalized spacial score (nSPS) is 24.2. The number of ether oxygens (including phenoxy) is 6. The molecular weight excluding hydrogens is 440 g/mol. The largest absolute Gasteiger partial charge is 0.463 e. The van der Waals surface area contributed by atoms with E-state index in [1.807, 2.05) is 0 Å². The minimum atomic E-state index is -1.34. The minimum Gasteiger partial charge on any atom is -0.463 e. The average Bonchev–Trinajstić information content (AvgIpc) is 2.70. The number of carbonyl (C=O) groups is 5. The molecule has 0 N–H and O–H groups in total. The molecule has 5 atom stereocenters. The fourth-order valence-electron chi connectivity index (χ4n) is 3.19. The Morgan fingerprint density at radius 1 is 0.727 bits per heavy atom. The number of rotatable bonds is 8. The first-order valence-corrected chi connectivity index (χ1v) is 10.1. The highest BCUT2D eigenvalue weighted by Gasteiger charge is 2.53. The van der Waals surface area contributed by atoms with Crippen molar-refractivity contribution in [3.63, 3.8) is 0 Å². The Balaban J connectivity index is 2.43. The number of ketones is 1. The number of Topliss-reactive ketones (excluding diaryl/α,β-unsaturated/α-hetero) is 1. The standard InChI is InChI=1S/C22H26O11/c1-11(23)16-6-8-17(9-7-16)32-22-21(31-15(5)27)20(30-14(4)26)19(29-13(3)25)18(33-22)10-28-12(2)24/h6-9,18-22H,10H2,1-5H3/t18-,19+,20+,21-,22-/m0/s1. The van der Waals surface area contributed by atoms with Gasteiger partial charge in [0.05, 0.1) is 0 Å². The molecule has 1 fully saturated rings. The van der Waals surface area contributed by atoms with E-state index in [9.17, 15) is 24.0 Å². The summed E-state index contributed by atoms with van der Waals surface area (Å²) in [6.07, 6.45) is -6.39. The van der Waals surface area contributed by atoms with Crippen molar-refractivity contribution < 1.29 is 52.4 Å². The molecule has 2 rings (SSSR count). The SMILES string of the molecule is CC(=O)OC[C@@H]1O[C@H](Oc2ccc(C(C)=O)cc2)[C@@H](OC(C)=O)[C@H](OC(C)=O)[C@@H]1OC(C)=O. The Bertz CT molecular complexity index is 892. The maximum absolute atomic E-state index is 11.8. The van der Waals surface area contributed by atoms with Crippen LogP contribution in [0.25, 0.3) is 0 Å². The molecule has 1 aliphatic heterocycles. The molecule has 11 nitrogen and oxygen atoms in total. The maximum Gasteiger partial charge on any atom is 0.303 e. The number of benzene rings is 1. The molecule has 0 saturated carbocycles. The molecule has 1 saturated heterocycles. The third kappa shape index (κ3) is 7.56. The summed E-state index contributed by atoms with van der Waals surface area (Å²) in [6.45, 7) is 5.63. The van der Waals surface area contributed by atoms with Gasteiger partial charge in [-0.3, -0.25) is 24.0 Å². The van der Waals surface area contributed by atoms with Crippen molar-refractivity contribution in [1.82, 2.24) is 0 Å². The van der Waals surface area contributed by atoms with Crippen LogP contribution in [0.3, 0.4) is 0 Å². The van der Waals surface area contributed by atoms with E-state index in [1.54, 1.807) is 0 Å². The molecule has 0 aliphatic carbocycles. The van der Waals surface area contributed by atoms with Crippen molar-refractivity contribution in [3.05, 3.63) is 29.8 Å². The molecule has 33 heavy (non-hydrogen) atoms.